The van der Waals surface area contributed by atoms with E-state index in [9.17, 15) is 0 Å². The van der Waals surface area contributed by atoms with Gasteiger partial charge in [-0.15, -0.1) is 0 Å². The number of allylic oxidation sites excluding steroid dienone is 1. The molecule has 0 aliphatic heterocycles. The van der Waals surface area contributed by atoms with Gasteiger partial charge in [0.1, 0.15) is 0 Å². The number of rotatable bonds is 12. The van der Waals surface area contributed by atoms with Crippen molar-refractivity contribution >= 4 is 0 Å². The van der Waals surface area contributed by atoms with Crippen molar-refractivity contribution in [1.29, 1.82) is 0 Å². The van der Waals surface area contributed by atoms with Crippen LogP contribution in [0.1, 0.15) is 72.6 Å². The topological polar surface area (TPSA) is 29.3 Å². The lowest BCUT2D eigenvalue weighted by molar-refractivity contribution is 0.367. The van der Waals surface area contributed by atoms with Gasteiger partial charge in [0.25, 0.3) is 0 Å². The second-order valence-corrected chi connectivity index (χ2v) is 5.85. The zero-order valence-electron chi connectivity index (χ0n) is 14.3. The van der Waals surface area contributed by atoms with Crippen molar-refractivity contribution in [2.45, 2.75) is 72.6 Å². The molecule has 20 heavy (non-hydrogen) atoms. The van der Waals surface area contributed by atoms with Gasteiger partial charge in [0.2, 0.25) is 0 Å². The van der Waals surface area contributed by atoms with Crippen LogP contribution in [-0.4, -0.2) is 18.0 Å². The molecule has 0 aromatic rings. The molecule has 0 aliphatic rings. The van der Waals surface area contributed by atoms with E-state index in [1.807, 2.05) is 0 Å². The van der Waals surface area contributed by atoms with Gasteiger partial charge in [-0.2, -0.15) is 0 Å². The van der Waals surface area contributed by atoms with E-state index in [1.165, 1.54) is 44.1 Å². The highest BCUT2D eigenvalue weighted by Gasteiger charge is 2.08. The number of hydrogen-bond donors (Lipinski definition) is 1. The first-order valence-corrected chi connectivity index (χ1v) is 8.40. The normalized spacial score (nSPS) is 12.0. The Bertz CT molecular complexity index is 277. The summed E-state index contributed by atoms with van der Waals surface area (Å²) in [7, 11) is 0. The maximum absolute atomic E-state index is 5.89. The number of hydrogen-bond acceptors (Lipinski definition) is 2. The smallest absolute Gasteiger partial charge is 0.0224 e. The molecule has 0 spiro atoms. The third-order valence-electron chi connectivity index (χ3n) is 4.13. The van der Waals surface area contributed by atoms with E-state index >= 15 is 0 Å². The SMILES string of the molecule is C=C(C)N(/C=C(\CN)CCCCC)CCC(CC)CC. The second-order valence-electron chi connectivity index (χ2n) is 5.85. The Labute approximate surface area is 127 Å². The van der Waals surface area contributed by atoms with Crippen molar-refractivity contribution in [3.05, 3.63) is 24.0 Å². The Morgan fingerprint density at radius 3 is 2.30 bits per heavy atom. The van der Waals surface area contributed by atoms with Gasteiger partial charge in [0, 0.05) is 25.0 Å². The van der Waals surface area contributed by atoms with Crippen LogP contribution in [0.5, 0.6) is 0 Å². The highest BCUT2D eigenvalue weighted by atomic mass is 15.1. The molecular weight excluding hydrogens is 244 g/mol. The summed E-state index contributed by atoms with van der Waals surface area (Å²) in [6.07, 6.45) is 10.9. The van der Waals surface area contributed by atoms with Crippen molar-refractivity contribution < 1.29 is 0 Å². The quantitative estimate of drug-likeness (QED) is 0.506. The third-order valence-corrected chi connectivity index (χ3v) is 4.13. The first kappa shape index (κ1) is 19.2. The number of nitrogens with two attached hydrogens (primary N) is 1. The summed E-state index contributed by atoms with van der Waals surface area (Å²) >= 11 is 0. The van der Waals surface area contributed by atoms with Crippen LogP contribution in [0.2, 0.25) is 0 Å². The molecular formula is C18H36N2. The molecule has 0 aromatic carbocycles. The van der Waals surface area contributed by atoms with Crippen LogP contribution in [0.3, 0.4) is 0 Å². The van der Waals surface area contributed by atoms with Gasteiger partial charge in [0.15, 0.2) is 0 Å². The first-order valence-electron chi connectivity index (χ1n) is 8.40. The molecule has 0 atom stereocenters. The Hall–Kier alpha value is -0.760. The minimum Gasteiger partial charge on any atom is -0.352 e. The molecule has 0 heterocycles. The Morgan fingerprint density at radius 2 is 1.85 bits per heavy atom. The zero-order valence-corrected chi connectivity index (χ0v) is 14.3. The molecule has 0 bridgehead atoms. The molecule has 0 rings (SSSR count). The van der Waals surface area contributed by atoms with E-state index in [4.69, 9.17) is 5.73 Å². The van der Waals surface area contributed by atoms with Gasteiger partial charge in [-0.05, 0) is 37.7 Å². The highest BCUT2D eigenvalue weighted by molar-refractivity contribution is 5.08. The standard InChI is InChI=1S/C18H36N2/c1-6-9-10-11-18(14-19)15-20(16(4)5)13-12-17(7-2)8-3/h15,17H,4,6-14,19H2,1-3,5H3/b18-15-. The van der Waals surface area contributed by atoms with E-state index in [2.05, 4.69) is 45.4 Å². The van der Waals surface area contributed by atoms with Crippen LogP contribution in [0.4, 0.5) is 0 Å². The lowest BCUT2D eigenvalue weighted by Gasteiger charge is -2.24. The molecule has 2 heteroatoms. The second kappa shape index (κ2) is 12.0. The summed E-state index contributed by atoms with van der Waals surface area (Å²) in [6.45, 7) is 14.7. The summed E-state index contributed by atoms with van der Waals surface area (Å²) < 4.78 is 0. The first-order chi connectivity index (χ1) is 9.58. The highest BCUT2D eigenvalue weighted by Crippen LogP contribution is 2.17. The van der Waals surface area contributed by atoms with Gasteiger partial charge in [-0.25, -0.2) is 0 Å². The van der Waals surface area contributed by atoms with Gasteiger partial charge in [0.05, 0.1) is 0 Å². The van der Waals surface area contributed by atoms with Gasteiger partial charge in [-0.1, -0.05) is 53.0 Å². The monoisotopic (exact) mass is 280 g/mol. The average Bonchev–Trinajstić information content (AvgIpc) is 2.45. The number of unbranched alkanes of at least 4 members (excludes halogenated alkanes) is 2. The molecule has 2 nitrogen and oxygen atoms in total. The number of nitrogens with zero attached hydrogens (tertiary/aromatic N) is 1. The zero-order chi connectivity index (χ0) is 15.4. The molecule has 118 valence electrons. The summed E-state index contributed by atoms with van der Waals surface area (Å²) in [5, 5.41) is 0. The molecule has 0 unspecified atom stereocenters. The van der Waals surface area contributed by atoms with E-state index in [1.54, 1.807) is 0 Å². The molecule has 0 aliphatic carbocycles. The van der Waals surface area contributed by atoms with E-state index in [0.29, 0.717) is 6.54 Å². The summed E-state index contributed by atoms with van der Waals surface area (Å²) in [4.78, 5) is 2.30. The predicted molar refractivity (Wildman–Crippen MR) is 91.5 cm³/mol. The fourth-order valence-corrected chi connectivity index (χ4v) is 2.43. The van der Waals surface area contributed by atoms with Crippen LogP contribution < -0.4 is 5.73 Å². The summed E-state index contributed by atoms with van der Waals surface area (Å²) in [5.74, 6) is 0.826. The van der Waals surface area contributed by atoms with Gasteiger partial charge < -0.3 is 10.6 Å². The summed E-state index contributed by atoms with van der Waals surface area (Å²) in [5.41, 5.74) is 8.36. The molecule has 0 amide bonds. The maximum Gasteiger partial charge on any atom is 0.0224 e. The van der Waals surface area contributed by atoms with Crippen molar-refractivity contribution in [1.82, 2.24) is 4.90 Å². The van der Waals surface area contributed by atoms with Crippen molar-refractivity contribution in [3.63, 3.8) is 0 Å². The van der Waals surface area contributed by atoms with Crippen molar-refractivity contribution in [3.8, 4) is 0 Å². The fourth-order valence-electron chi connectivity index (χ4n) is 2.43. The molecule has 0 aromatic heterocycles. The van der Waals surface area contributed by atoms with Gasteiger partial charge >= 0.3 is 0 Å². The van der Waals surface area contributed by atoms with E-state index in [0.717, 1.165) is 24.6 Å². The molecule has 0 saturated heterocycles. The average molecular weight is 280 g/mol. The molecule has 0 saturated carbocycles. The fraction of sp³-hybridized carbons (Fsp3) is 0.778. The summed E-state index contributed by atoms with van der Waals surface area (Å²) in [6, 6.07) is 0. The Morgan fingerprint density at radius 1 is 1.20 bits per heavy atom. The minimum atomic E-state index is 0.665. The lowest BCUT2D eigenvalue weighted by atomic mass is 9.99. The molecule has 0 fully saturated rings. The Kier molecular flexibility index (Phi) is 11.6. The van der Waals surface area contributed by atoms with E-state index in [-0.39, 0.29) is 0 Å². The molecule has 2 N–H and O–H groups in total. The van der Waals surface area contributed by atoms with Crippen LogP contribution in [0.25, 0.3) is 0 Å². The van der Waals surface area contributed by atoms with Crippen molar-refractivity contribution in [2.75, 3.05) is 13.1 Å². The predicted octanol–water partition coefficient (Wildman–Crippen LogP) is 5.07. The molecule has 0 radical (unpaired) electrons. The lowest BCUT2D eigenvalue weighted by Crippen LogP contribution is -2.20. The maximum atomic E-state index is 5.89. The van der Waals surface area contributed by atoms with E-state index < -0.39 is 0 Å². The van der Waals surface area contributed by atoms with Gasteiger partial charge in [-0.3, -0.25) is 0 Å². The minimum absolute atomic E-state index is 0.665. The van der Waals surface area contributed by atoms with Crippen LogP contribution in [0, 0.1) is 5.92 Å². The van der Waals surface area contributed by atoms with Crippen LogP contribution >= 0.6 is 0 Å². The van der Waals surface area contributed by atoms with Crippen LogP contribution in [-0.2, 0) is 0 Å². The van der Waals surface area contributed by atoms with Crippen LogP contribution in [0.15, 0.2) is 24.0 Å². The largest absolute Gasteiger partial charge is 0.352 e. The Balaban J connectivity index is 4.51. The third kappa shape index (κ3) is 8.42. The van der Waals surface area contributed by atoms with Crippen molar-refractivity contribution in [2.24, 2.45) is 11.7 Å².